The first-order valence-electron chi connectivity index (χ1n) is 11.0. The van der Waals surface area contributed by atoms with E-state index in [1.54, 1.807) is 24.8 Å². The van der Waals surface area contributed by atoms with Crippen LogP contribution < -0.4 is 31.0 Å². The summed E-state index contributed by atoms with van der Waals surface area (Å²) in [5.74, 6) is 14.9. The molecule has 0 aliphatic rings. The molecule has 0 aliphatic carbocycles. The number of nitrogen functional groups attached to an aromatic ring is 2. The van der Waals surface area contributed by atoms with Crippen molar-refractivity contribution >= 4 is 0 Å². The number of nitrogens with zero attached hydrogens (tertiary/aromatic N) is 6. The van der Waals surface area contributed by atoms with Gasteiger partial charge in [-0.3, -0.25) is 21.7 Å². The minimum Gasteiger partial charge on any atom is -2.00 e. The fraction of sp³-hybridized carbons (Fsp3) is 0. The Kier molecular flexibility index (Phi) is 326. The van der Waals surface area contributed by atoms with Crippen molar-refractivity contribution in [2.75, 3.05) is 11.7 Å². The summed E-state index contributed by atoms with van der Waals surface area (Å²) in [6.45, 7) is 0. The van der Waals surface area contributed by atoms with Crippen LogP contribution in [0.2, 0.25) is 0 Å². The van der Waals surface area contributed by atoms with E-state index in [9.17, 15) is 0 Å². The van der Waals surface area contributed by atoms with Crippen LogP contribution in [-0.2, 0) is 311 Å². The first-order chi connectivity index (χ1) is 17.7. The fourth-order valence-corrected chi connectivity index (χ4v) is 3.55. The molecule has 0 atom stereocenters. The van der Waals surface area contributed by atoms with E-state index in [1.165, 1.54) is 9.35 Å². The van der Waals surface area contributed by atoms with Crippen LogP contribution in [0.3, 0.4) is 0 Å². The molecule has 6 aromatic heterocycles. The molecule has 0 aromatic carbocycles. The van der Waals surface area contributed by atoms with Crippen molar-refractivity contribution in [3.05, 3.63) is 98.1 Å². The maximum absolute atomic E-state index is 6.06. The van der Waals surface area contributed by atoms with Gasteiger partial charge in [-0.15, -0.1) is 19.5 Å². The van der Waals surface area contributed by atoms with Crippen molar-refractivity contribution in [1.29, 1.82) is 0 Å². The van der Waals surface area contributed by atoms with Crippen molar-refractivity contribution in [2.24, 2.45) is 0 Å². The fourth-order valence-electron chi connectivity index (χ4n) is 3.55. The summed E-state index contributed by atoms with van der Waals surface area (Å²) in [5, 5.41) is 14.4. The van der Waals surface area contributed by atoms with Gasteiger partial charge in [0.25, 0.3) is 11.6 Å². The summed E-state index contributed by atoms with van der Waals surface area (Å²) in [6.07, 6.45) is 14.2. The molecule has 8 N–H and O–H groups in total. The van der Waals surface area contributed by atoms with Crippen LogP contribution in [0.5, 0.6) is 0 Å². The Morgan fingerprint density at radius 2 is 0.486 bits per heavy atom. The summed E-state index contributed by atoms with van der Waals surface area (Å²) in [5.41, 5.74) is 3.75. The molecule has 6 heterocycles. The summed E-state index contributed by atoms with van der Waals surface area (Å²) in [7, 11) is 0. The van der Waals surface area contributed by atoms with Crippen LogP contribution in [0.15, 0.2) is 98.1 Å². The average molecular weight is 1660 g/mol. The summed E-state index contributed by atoms with van der Waals surface area (Å²) in [6, 6.07) is 15.1. The Labute approximate surface area is 510 Å². The number of nitrogens with one attached hydrogen (secondary N) is 4. The first kappa shape index (κ1) is 210. The molecule has 0 fully saturated rings. The average Bonchev–Trinajstić information content (AvgIpc) is 3.53. The molecule has 0 bridgehead atoms. The standard InChI is InChI=1S/2C12H10N6.8Mo.26O/c2*13-18-11(9-1-5-14-6-2-9)16-17-12(18)10-3-7-15-8-4-10;;;;;;;;;;;;;;;;;;;;;;;;;;;;;;;;;;/h2*1-8H,13H2;;;;;;;;;;;;;;;;;;;;;;;;;;;;;;;;;;/q;;;;;;;;;;26*-2/p+4. The number of aromatic amines is 4. The molecule has 6 rings (SSSR count). The quantitative estimate of drug-likeness (QED) is 0.0800. The molecule has 0 radical (unpaired) electrons. The Hall–Kier alpha value is -1.05. The predicted octanol–water partition coefficient (Wildman–Crippen LogP) is -3.20. The monoisotopic (exact) mass is 1680 g/mol. The van der Waals surface area contributed by atoms with Gasteiger partial charge in [0.05, 0.1) is 22.3 Å². The largest absolute Gasteiger partial charge is 2.00 e. The van der Waals surface area contributed by atoms with Crippen LogP contribution in [0.25, 0.3) is 45.6 Å². The number of aromatic nitrogens is 10. The molecule has 0 aliphatic heterocycles. The van der Waals surface area contributed by atoms with E-state index in [0.717, 1.165) is 33.9 Å². The second-order valence-electron chi connectivity index (χ2n) is 7.58. The van der Waals surface area contributed by atoms with Gasteiger partial charge in [0, 0.05) is 228 Å². The molecule has 0 amide bonds. The predicted molar refractivity (Wildman–Crippen MR) is 146 cm³/mol. The summed E-state index contributed by atoms with van der Waals surface area (Å²) in [4.78, 5) is 13.9. The molecular weight excluding hydrogens is 1640 g/mol. The summed E-state index contributed by atoms with van der Waals surface area (Å²) >= 11 is 0. The molecular formula is C24H24Mo8N12O26-48. The van der Waals surface area contributed by atoms with Crippen LogP contribution in [0.1, 0.15) is 0 Å². The van der Waals surface area contributed by atoms with Crippen molar-refractivity contribution in [3.63, 3.8) is 0 Å². The van der Waals surface area contributed by atoms with Gasteiger partial charge in [0.15, 0.2) is 24.8 Å². The van der Waals surface area contributed by atoms with Gasteiger partial charge in [-0.05, 0) is 24.3 Å². The minimum absolute atomic E-state index is 0. The third-order valence-corrected chi connectivity index (χ3v) is 5.33. The topological polar surface area (TPSA) is 912 Å². The molecule has 432 valence electrons. The molecule has 0 unspecified atom stereocenters. The van der Waals surface area contributed by atoms with Gasteiger partial charge in [0.2, 0.25) is 0 Å². The number of hydrogen-bond acceptors (Lipinski definition) is 6. The zero-order valence-corrected chi connectivity index (χ0v) is 49.0. The van der Waals surface area contributed by atoms with Crippen molar-refractivity contribution in [3.8, 4) is 45.6 Å². The van der Waals surface area contributed by atoms with Crippen LogP contribution in [0.4, 0.5) is 0 Å². The Bertz CT molecular complexity index is 1400. The number of nitrogens with two attached hydrogens (primary N) is 2. The van der Waals surface area contributed by atoms with Crippen LogP contribution >= 0.6 is 0 Å². The third-order valence-electron chi connectivity index (χ3n) is 5.33. The maximum atomic E-state index is 6.06. The second-order valence-corrected chi connectivity index (χ2v) is 7.58. The SMILES string of the molecule is N[n+]1c(-c2ccncc2)n[nH]c1-c1cc[nH+]cc1.N[n+]1c(-c2ccncc2)n[nH]c1-c1cc[nH+]cc1.[Mo].[Mo].[Mo].[Mo].[Mo].[Mo].[Mo].[Mo].[O-2].[O-2].[O-2].[O-2].[O-2].[O-2].[O-2].[O-2].[O-2].[O-2].[O-2].[O-2].[O-2].[O-2].[O-2].[O-2].[O-2].[O-2].[O-2].[O-2].[O-2].[O-2].[O-2].[O-2].[O-2].[O-2]. The van der Waals surface area contributed by atoms with Crippen molar-refractivity contribution < 1.29 is 330 Å². The Balaban J connectivity index is -0.0000000110. The van der Waals surface area contributed by atoms with Crippen LogP contribution in [0, 0.1) is 0 Å². The minimum atomic E-state index is 0. The maximum Gasteiger partial charge on any atom is 0.330 e. The number of rotatable bonds is 4. The van der Waals surface area contributed by atoms with Gasteiger partial charge < -0.3 is 142 Å². The van der Waals surface area contributed by atoms with Crippen molar-refractivity contribution in [1.82, 2.24) is 30.4 Å². The number of H-pyrrole nitrogens is 4. The molecule has 38 nitrogen and oxygen atoms in total. The molecule has 0 saturated carbocycles. The normalized spacial score (nSPS) is 5.37. The zero-order chi connectivity index (χ0) is 24.7. The first-order valence-corrected chi connectivity index (χ1v) is 11.0. The van der Waals surface area contributed by atoms with Gasteiger partial charge in [-0.2, -0.15) is 0 Å². The molecule has 0 saturated heterocycles. The van der Waals surface area contributed by atoms with Gasteiger partial charge in [-0.1, -0.05) is 0 Å². The van der Waals surface area contributed by atoms with E-state index in [0.29, 0.717) is 11.6 Å². The van der Waals surface area contributed by atoms with E-state index >= 15 is 0 Å². The van der Waals surface area contributed by atoms with Crippen LogP contribution in [-0.4, -0.2) is 30.4 Å². The van der Waals surface area contributed by atoms with Gasteiger partial charge in [0.1, 0.15) is 0 Å². The Morgan fingerprint density at radius 3 is 0.671 bits per heavy atom. The van der Waals surface area contributed by atoms with E-state index in [-0.39, 0.29) is 311 Å². The molecule has 6 aromatic rings. The van der Waals surface area contributed by atoms with E-state index in [1.807, 2.05) is 73.3 Å². The van der Waals surface area contributed by atoms with Gasteiger partial charge >= 0.3 is 11.6 Å². The van der Waals surface area contributed by atoms with Crippen molar-refractivity contribution in [2.45, 2.75) is 0 Å². The molecule has 70 heavy (non-hydrogen) atoms. The number of hydrogen-bond donors (Lipinski definition) is 4. The van der Waals surface area contributed by atoms with E-state index in [2.05, 4.69) is 40.3 Å². The smallest absolute Gasteiger partial charge is 0.330 e. The Morgan fingerprint density at radius 1 is 0.300 bits per heavy atom. The van der Waals surface area contributed by atoms with Gasteiger partial charge in [-0.25, -0.2) is 9.97 Å². The van der Waals surface area contributed by atoms with E-state index < -0.39 is 0 Å². The zero-order valence-electron chi connectivity index (χ0n) is 33.0. The number of pyridine rings is 4. The summed E-state index contributed by atoms with van der Waals surface area (Å²) < 4.78 is 3.06. The van der Waals surface area contributed by atoms with E-state index in [4.69, 9.17) is 11.7 Å². The third kappa shape index (κ3) is 54.7. The molecule has 0 spiro atoms. The molecule has 46 heteroatoms. The second kappa shape index (κ2) is 109.